The average Bonchev–Trinajstić information content (AvgIpc) is 2.82. The van der Waals surface area contributed by atoms with E-state index in [9.17, 15) is 9.90 Å². The summed E-state index contributed by atoms with van der Waals surface area (Å²) in [5, 5.41) is 10.7. The highest BCUT2D eigenvalue weighted by Gasteiger charge is 2.41. The van der Waals surface area contributed by atoms with Crippen molar-refractivity contribution in [2.45, 2.75) is 64.3 Å². The van der Waals surface area contributed by atoms with Crippen molar-refractivity contribution < 1.29 is 14.6 Å². The Hall–Kier alpha value is -1.26. The number of benzene rings is 1. The van der Waals surface area contributed by atoms with Gasteiger partial charge in [0, 0.05) is 5.02 Å². The lowest BCUT2D eigenvalue weighted by atomic mass is 10.0. The lowest BCUT2D eigenvalue weighted by Gasteiger charge is -2.34. The van der Waals surface area contributed by atoms with Crippen molar-refractivity contribution in [3.8, 4) is 0 Å². The summed E-state index contributed by atoms with van der Waals surface area (Å²) in [6.07, 6.45) is 0.585. The Morgan fingerprint density at radius 3 is 2.41 bits per heavy atom. The molecule has 22 heavy (non-hydrogen) atoms. The molecule has 1 aliphatic heterocycles. The maximum absolute atomic E-state index is 12.6. The molecule has 4 nitrogen and oxygen atoms in total. The van der Waals surface area contributed by atoms with Crippen LogP contribution in [0.5, 0.6) is 0 Å². The lowest BCUT2D eigenvalue weighted by molar-refractivity contribution is -0.00164. The highest BCUT2D eigenvalue weighted by molar-refractivity contribution is 6.30. The Morgan fingerprint density at radius 2 is 1.91 bits per heavy atom. The number of aliphatic hydroxyl groups excluding tert-OH is 1. The molecular weight excluding hydrogens is 302 g/mol. The standard InChI is InChI=1S/C17H24ClNO3/c1-11(20)14-9-10-15(12-5-7-13(18)8-6-12)19(14)16(21)22-17(2,3)4/h5-8,11,14-15,20H,9-10H2,1-4H3/t11-,14-,15-/m1/s1. The largest absolute Gasteiger partial charge is 0.444 e. The van der Waals surface area contributed by atoms with Gasteiger partial charge in [-0.2, -0.15) is 0 Å². The average molecular weight is 326 g/mol. The van der Waals surface area contributed by atoms with Gasteiger partial charge in [-0.05, 0) is 58.2 Å². The van der Waals surface area contributed by atoms with E-state index in [1.165, 1.54) is 0 Å². The maximum Gasteiger partial charge on any atom is 0.411 e. The summed E-state index contributed by atoms with van der Waals surface area (Å²) >= 11 is 5.94. The molecule has 0 aliphatic carbocycles. The molecule has 0 bridgehead atoms. The van der Waals surface area contributed by atoms with Crippen LogP contribution < -0.4 is 0 Å². The first-order valence-electron chi connectivity index (χ1n) is 7.64. The van der Waals surface area contributed by atoms with Crippen LogP contribution in [0.15, 0.2) is 24.3 Å². The Balaban J connectivity index is 2.28. The van der Waals surface area contributed by atoms with E-state index in [1.54, 1.807) is 11.8 Å². The molecule has 0 saturated carbocycles. The Labute approximate surface area is 137 Å². The van der Waals surface area contributed by atoms with Crippen LogP contribution in [0.3, 0.4) is 0 Å². The number of nitrogens with zero attached hydrogens (tertiary/aromatic N) is 1. The summed E-state index contributed by atoms with van der Waals surface area (Å²) in [4.78, 5) is 14.3. The minimum atomic E-state index is -0.593. The van der Waals surface area contributed by atoms with E-state index in [0.717, 1.165) is 18.4 Å². The van der Waals surface area contributed by atoms with E-state index in [1.807, 2.05) is 45.0 Å². The molecule has 1 heterocycles. The lowest BCUT2D eigenvalue weighted by Crippen LogP contribution is -2.45. The number of likely N-dealkylation sites (tertiary alicyclic amines) is 1. The van der Waals surface area contributed by atoms with Gasteiger partial charge in [0.2, 0.25) is 0 Å². The Bertz CT molecular complexity index is 522. The van der Waals surface area contributed by atoms with Gasteiger partial charge in [0.15, 0.2) is 0 Å². The Kier molecular flexibility index (Phi) is 5.03. The molecule has 0 unspecified atom stereocenters. The minimum Gasteiger partial charge on any atom is -0.444 e. The van der Waals surface area contributed by atoms with Crippen LogP contribution in [-0.4, -0.2) is 33.8 Å². The summed E-state index contributed by atoms with van der Waals surface area (Å²) in [5.74, 6) is 0. The van der Waals surface area contributed by atoms with E-state index in [2.05, 4.69) is 0 Å². The van der Waals surface area contributed by atoms with Crippen molar-refractivity contribution in [2.24, 2.45) is 0 Å². The van der Waals surface area contributed by atoms with Crippen molar-refractivity contribution in [3.05, 3.63) is 34.9 Å². The predicted molar refractivity (Wildman–Crippen MR) is 87.0 cm³/mol. The zero-order chi connectivity index (χ0) is 16.5. The third-order valence-electron chi connectivity index (χ3n) is 3.84. The van der Waals surface area contributed by atoms with Crippen molar-refractivity contribution in [1.29, 1.82) is 0 Å². The van der Waals surface area contributed by atoms with Gasteiger partial charge in [-0.1, -0.05) is 23.7 Å². The number of hydrogen-bond acceptors (Lipinski definition) is 3. The molecule has 1 aromatic carbocycles. The second kappa shape index (κ2) is 6.47. The van der Waals surface area contributed by atoms with Gasteiger partial charge in [-0.3, -0.25) is 4.90 Å². The van der Waals surface area contributed by atoms with Gasteiger partial charge < -0.3 is 9.84 Å². The van der Waals surface area contributed by atoms with Gasteiger partial charge >= 0.3 is 6.09 Å². The first-order valence-corrected chi connectivity index (χ1v) is 8.01. The molecule has 0 spiro atoms. The SMILES string of the molecule is C[C@@H](O)[C@H]1CC[C@H](c2ccc(Cl)cc2)N1C(=O)OC(C)(C)C. The number of rotatable bonds is 2. The fourth-order valence-corrected chi connectivity index (χ4v) is 3.03. The normalized spacial score (nSPS) is 23.5. The van der Waals surface area contributed by atoms with Crippen LogP contribution in [0.4, 0.5) is 4.79 Å². The zero-order valence-electron chi connectivity index (χ0n) is 13.5. The van der Waals surface area contributed by atoms with Crippen LogP contribution in [0.2, 0.25) is 5.02 Å². The molecule has 1 N–H and O–H groups in total. The number of aliphatic hydroxyl groups is 1. The van der Waals surface area contributed by atoms with E-state index in [-0.39, 0.29) is 18.2 Å². The molecule has 0 radical (unpaired) electrons. The zero-order valence-corrected chi connectivity index (χ0v) is 14.3. The molecule has 1 amide bonds. The molecule has 122 valence electrons. The van der Waals surface area contributed by atoms with E-state index in [4.69, 9.17) is 16.3 Å². The second-order valence-corrected chi connectivity index (χ2v) is 7.28. The maximum atomic E-state index is 12.6. The van der Waals surface area contributed by atoms with Gasteiger partial charge in [-0.15, -0.1) is 0 Å². The third kappa shape index (κ3) is 3.93. The van der Waals surface area contributed by atoms with Crippen molar-refractivity contribution in [3.63, 3.8) is 0 Å². The fourth-order valence-electron chi connectivity index (χ4n) is 2.90. The molecule has 2 rings (SSSR count). The van der Waals surface area contributed by atoms with Crippen molar-refractivity contribution >= 4 is 17.7 Å². The highest BCUT2D eigenvalue weighted by Crippen LogP contribution is 2.38. The molecule has 1 aliphatic rings. The first-order chi connectivity index (χ1) is 10.2. The van der Waals surface area contributed by atoms with Crippen LogP contribution >= 0.6 is 11.6 Å². The number of hydrogen-bond donors (Lipinski definition) is 1. The molecule has 1 saturated heterocycles. The summed E-state index contributed by atoms with van der Waals surface area (Å²) < 4.78 is 5.53. The third-order valence-corrected chi connectivity index (χ3v) is 4.10. The molecule has 1 aromatic rings. The van der Waals surface area contributed by atoms with E-state index in [0.29, 0.717) is 5.02 Å². The van der Waals surface area contributed by atoms with Gasteiger partial charge in [-0.25, -0.2) is 4.79 Å². The van der Waals surface area contributed by atoms with Crippen LogP contribution in [0.1, 0.15) is 52.1 Å². The molecule has 0 aromatic heterocycles. The van der Waals surface area contributed by atoms with Crippen molar-refractivity contribution in [1.82, 2.24) is 4.90 Å². The monoisotopic (exact) mass is 325 g/mol. The number of carbonyl (C=O) groups excluding carboxylic acids is 1. The fraction of sp³-hybridized carbons (Fsp3) is 0.588. The van der Waals surface area contributed by atoms with Gasteiger partial charge in [0.25, 0.3) is 0 Å². The van der Waals surface area contributed by atoms with E-state index >= 15 is 0 Å². The van der Waals surface area contributed by atoms with Crippen molar-refractivity contribution in [2.75, 3.05) is 0 Å². The van der Waals surface area contributed by atoms with Crippen LogP contribution in [0.25, 0.3) is 0 Å². The predicted octanol–water partition coefficient (Wildman–Crippen LogP) is 4.16. The van der Waals surface area contributed by atoms with Crippen LogP contribution in [-0.2, 0) is 4.74 Å². The molecule has 5 heteroatoms. The summed E-state index contributed by atoms with van der Waals surface area (Å²) in [6, 6.07) is 7.17. The molecule has 1 fully saturated rings. The topological polar surface area (TPSA) is 49.8 Å². The summed E-state index contributed by atoms with van der Waals surface area (Å²) in [5.41, 5.74) is 0.450. The highest BCUT2D eigenvalue weighted by atomic mass is 35.5. The summed E-state index contributed by atoms with van der Waals surface area (Å²) in [6.45, 7) is 7.24. The quantitative estimate of drug-likeness (QED) is 0.888. The van der Waals surface area contributed by atoms with E-state index < -0.39 is 11.7 Å². The minimum absolute atomic E-state index is 0.0910. The summed E-state index contributed by atoms with van der Waals surface area (Å²) in [7, 11) is 0. The first kappa shape index (κ1) is 17.1. The Morgan fingerprint density at radius 1 is 1.32 bits per heavy atom. The molecule has 3 atom stereocenters. The van der Waals surface area contributed by atoms with Gasteiger partial charge in [0.1, 0.15) is 5.60 Å². The number of halogens is 1. The molecular formula is C17H24ClNO3. The van der Waals surface area contributed by atoms with Crippen LogP contribution in [0, 0.1) is 0 Å². The smallest absolute Gasteiger partial charge is 0.411 e. The number of amides is 1. The van der Waals surface area contributed by atoms with Gasteiger partial charge in [0.05, 0.1) is 18.2 Å². The number of ether oxygens (including phenoxy) is 1. The number of carbonyl (C=O) groups is 1. The second-order valence-electron chi connectivity index (χ2n) is 6.84.